The number of rotatable bonds is 4. The Hall–Kier alpha value is -1.02. The van der Waals surface area contributed by atoms with Gasteiger partial charge in [0, 0.05) is 30.0 Å². The number of carbonyl (C=O) groups is 1. The molecule has 2 rings (SSSR count). The molecule has 0 saturated carbocycles. The molecule has 0 aromatic carbocycles. The van der Waals surface area contributed by atoms with E-state index in [2.05, 4.69) is 4.98 Å². The molecule has 0 spiro atoms. The van der Waals surface area contributed by atoms with Crippen LogP contribution in [0.4, 0.5) is 3.89 Å². The van der Waals surface area contributed by atoms with E-state index in [1.54, 1.807) is 4.90 Å². The summed E-state index contributed by atoms with van der Waals surface area (Å²) in [6.45, 7) is 3.99. The Labute approximate surface area is 115 Å². The lowest BCUT2D eigenvalue weighted by Gasteiger charge is -2.22. The van der Waals surface area contributed by atoms with E-state index in [0.29, 0.717) is 0 Å². The standard InChI is InChI=1S/C11H15FN2O3S2/c1-7-5-18-11(13-7)8(2)14-4-9(3-10(14)15)6-19(12,16)17/h5,8-9H,3-4,6H2,1-2H3. The molecular formula is C11H15FN2O3S2. The smallest absolute Gasteiger partial charge is 0.302 e. The van der Waals surface area contributed by atoms with E-state index in [0.717, 1.165) is 10.7 Å². The highest BCUT2D eigenvalue weighted by Gasteiger charge is 2.36. The summed E-state index contributed by atoms with van der Waals surface area (Å²) in [5.74, 6) is -1.20. The maximum absolute atomic E-state index is 12.7. The summed E-state index contributed by atoms with van der Waals surface area (Å²) in [6, 6.07) is -0.196. The topological polar surface area (TPSA) is 67.3 Å². The third-order valence-electron chi connectivity index (χ3n) is 3.13. The summed E-state index contributed by atoms with van der Waals surface area (Å²) < 4.78 is 33.9. The monoisotopic (exact) mass is 306 g/mol. The quantitative estimate of drug-likeness (QED) is 0.793. The molecule has 1 fully saturated rings. The minimum Gasteiger partial charge on any atom is -0.333 e. The zero-order valence-electron chi connectivity index (χ0n) is 10.7. The molecule has 2 atom stereocenters. The number of likely N-dealkylation sites (tertiary alicyclic amines) is 1. The summed E-state index contributed by atoms with van der Waals surface area (Å²) in [6.07, 6.45) is 0.0812. The van der Waals surface area contributed by atoms with Gasteiger partial charge in [0.15, 0.2) is 0 Å². The molecule has 1 amide bonds. The first-order chi connectivity index (χ1) is 8.76. The van der Waals surface area contributed by atoms with Crippen molar-refractivity contribution in [1.29, 1.82) is 0 Å². The van der Waals surface area contributed by atoms with Crippen molar-refractivity contribution in [3.8, 4) is 0 Å². The van der Waals surface area contributed by atoms with Crippen molar-refractivity contribution in [1.82, 2.24) is 9.88 Å². The van der Waals surface area contributed by atoms with E-state index in [9.17, 15) is 17.1 Å². The number of halogens is 1. The van der Waals surface area contributed by atoms with Crippen LogP contribution in [0.2, 0.25) is 0 Å². The maximum Gasteiger partial charge on any atom is 0.302 e. The zero-order valence-corrected chi connectivity index (χ0v) is 12.3. The number of amides is 1. The SMILES string of the molecule is Cc1csc(C(C)N2CC(CS(=O)(=O)F)CC2=O)n1. The summed E-state index contributed by atoms with van der Waals surface area (Å²) in [5.41, 5.74) is 0.890. The van der Waals surface area contributed by atoms with Crippen LogP contribution < -0.4 is 0 Å². The van der Waals surface area contributed by atoms with Crippen molar-refractivity contribution in [3.63, 3.8) is 0 Å². The van der Waals surface area contributed by atoms with Crippen molar-refractivity contribution >= 4 is 27.5 Å². The number of aromatic nitrogens is 1. The molecule has 0 N–H and O–H groups in total. The second-order valence-electron chi connectivity index (χ2n) is 4.82. The van der Waals surface area contributed by atoms with E-state index in [1.165, 1.54) is 11.3 Å². The lowest BCUT2D eigenvalue weighted by atomic mass is 10.1. The number of aryl methyl sites for hydroxylation is 1. The zero-order chi connectivity index (χ0) is 14.2. The van der Waals surface area contributed by atoms with Crippen LogP contribution in [0, 0.1) is 12.8 Å². The van der Waals surface area contributed by atoms with Gasteiger partial charge in [-0.15, -0.1) is 15.2 Å². The molecule has 2 unspecified atom stereocenters. The first-order valence-corrected chi connectivity index (χ1v) is 8.33. The predicted molar refractivity (Wildman–Crippen MR) is 70.0 cm³/mol. The highest BCUT2D eigenvalue weighted by molar-refractivity contribution is 7.86. The Kier molecular flexibility index (Phi) is 3.91. The first-order valence-electron chi connectivity index (χ1n) is 5.90. The van der Waals surface area contributed by atoms with Crippen molar-refractivity contribution in [2.24, 2.45) is 5.92 Å². The lowest BCUT2D eigenvalue weighted by molar-refractivity contribution is -0.129. The fourth-order valence-electron chi connectivity index (χ4n) is 2.27. The molecule has 0 aliphatic carbocycles. The Balaban J connectivity index is 2.08. The molecule has 2 heterocycles. The second kappa shape index (κ2) is 5.16. The molecule has 1 aliphatic heterocycles. The van der Waals surface area contributed by atoms with Crippen molar-refractivity contribution in [2.75, 3.05) is 12.3 Å². The molecule has 1 aromatic heterocycles. The van der Waals surface area contributed by atoms with Gasteiger partial charge in [-0.1, -0.05) is 0 Å². The lowest BCUT2D eigenvalue weighted by Crippen LogP contribution is -2.29. The third-order valence-corrected chi connectivity index (χ3v) is 5.14. The van der Waals surface area contributed by atoms with Gasteiger partial charge in [-0.05, 0) is 13.8 Å². The fraction of sp³-hybridized carbons (Fsp3) is 0.636. The van der Waals surface area contributed by atoms with Crippen LogP contribution >= 0.6 is 11.3 Å². The number of nitrogens with zero attached hydrogens (tertiary/aromatic N) is 2. The van der Waals surface area contributed by atoms with Crippen LogP contribution in [0.25, 0.3) is 0 Å². The van der Waals surface area contributed by atoms with Crippen LogP contribution in [0.3, 0.4) is 0 Å². The van der Waals surface area contributed by atoms with Crippen molar-refractivity contribution in [2.45, 2.75) is 26.3 Å². The average molecular weight is 306 g/mol. The van der Waals surface area contributed by atoms with Gasteiger partial charge in [0.25, 0.3) is 0 Å². The number of hydrogen-bond donors (Lipinski definition) is 0. The molecule has 8 heteroatoms. The minimum absolute atomic E-state index is 0.0812. The average Bonchev–Trinajstić information content (AvgIpc) is 2.82. The van der Waals surface area contributed by atoms with Crippen LogP contribution in [0.1, 0.15) is 30.1 Å². The van der Waals surface area contributed by atoms with Gasteiger partial charge in [-0.25, -0.2) is 4.98 Å². The summed E-state index contributed by atoms with van der Waals surface area (Å²) in [5, 5.41) is 2.71. The molecular weight excluding hydrogens is 291 g/mol. The Morgan fingerprint density at radius 2 is 2.32 bits per heavy atom. The highest BCUT2D eigenvalue weighted by Crippen LogP contribution is 2.30. The van der Waals surface area contributed by atoms with Gasteiger partial charge in [0.05, 0.1) is 11.8 Å². The molecule has 0 radical (unpaired) electrons. The van der Waals surface area contributed by atoms with E-state index in [4.69, 9.17) is 0 Å². The van der Waals surface area contributed by atoms with Crippen molar-refractivity contribution < 1.29 is 17.1 Å². The summed E-state index contributed by atoms with van der Waals surface area (Å²) >= 11 is 1.46. The van der Waals surface area contributed by atoms with Crippen molar-refractivity contribution in [3.05, 3.63) is 16.1 Å². The molecule has 106 valence electrons. The van der Waals surface area contributed by atoms with E-state index in [1.807, 2.05) is 19.2 Å². The van der Waals surface area contributed by atoms with Gasteiger partial charge in [-0.2, -0.15) is 8.42 Å². The Morgan fingerprint density at radius 3 is 2.84 bits per heavy atom. The second-order valence-corrected chi connectivity index (χ2v) is 7.13. The summed E-state index contributed by atoms with van der Waals surface area (Å²) in [7, 11) is -4.53. The number of carbonyl (C=O) groups excluding carboxylic acids is 1. The molecule has 1 aliphatic rings. The van der Waals surface area contributed by atoms with E-state index < -0.39 is 21.9 Å². The van der Waals surface area contributed by atoms with Gasteiger partial charge < -0.3 is 4.90 Å². The first kappa shape index (κ1) is 14.4. The van der Waals surface area contributed by atoms with Crippen LogP contribution in [0.5, 0.6) is 0 Å². The number of hydrogen-bond acceptors (Lipinski definition) is 5. The van der Waals surface area contributed by atoms with Gasteiger partial charge >= 0.3 is 10.2 Å². The molecule has 5 nitrogen and oxygen atoms in total. The Morgan fingerprint density at radius 1 is 1.63 bits per heavy atom. The third kappa shape index (κ3) is 3.50. The fourth-order valence-corrected chi connectivity index (χ4v) is 3.92. The van der Waals surface area contributed by atoms with Gasteiger partial charge in [0.1, 0.15) is 5.01 Å². The highest BCUT2D eigenvalue weighted by atomic mass is 32.3. The molecule has 1 saturated heterocycles. The van der Waals surface area contributed by atoms with E-state index >= 15 is 0 Å². The van der Waals surface area contributed by atoms with Gasteiger partial charge in [0.2, 0.25) is 5.91 Å². The summed E-state index contributed by atoms with van der Waals surface area (Å²) in [4.78, 5) is 17.8. The van der Waals surface area contributed by atoms with Crippen LogP contribution in [-0.4, -0.2) is 36.5 Å². The van der Waals surface area contributed by atoms with Gasteiger partial charge in [-0.3, -0.25) is 4.79 Å². The Bertz CT molecular complexity index is 585. The molecule has 0 bridgehead atoms. The molecule has 19 heavy (non-hydrogen) atoms. The number of thiazole rings is 1. The van der Waals surface area contributed by atoms with E-state index in [-0.39, 0.29) is 24.9 Å². The molecule has 1 aromatic rings. The van der Waals surface area contributed by atoms with Crippen LogP contribution in [-0.2, 0) is 15.0 Å². The normalized spacial score (nSPS) is 21.9. The largest absolute Gasteiger partial charge is 0.333 e. The minimum atomic E-state index is -4.53. The maximum atomic E-state index is 12.7. The van der Waals surface area contributed by atoms with Crippen LogP contribution in [0.15, 0.2) is 5.38 Å². The predicted octanol–water partition coefficient (Wildman–Crippen LogP) is 1.66.